The third kappa shape index (κ3) is 2.98. The van der Waals surface area contributed by atoms with Crippen LogP contribution in [0.5, 0.6) is 0 Å². The molecule has 1 heteroatoms. The predicted molar refractivity (Wildman–Crippen MR) is 56.7 cm³/mol. The van der Waals surface area contributed by atoms with Crippen molar-refractivity contribution in [3.8, 4) is 0 Å². The van der Waals surface area contributed by atoms with E-state index in [2.05, 4.69) is 20.8 Å². The molecule has 0 aromatic heterocycles. The Kier molecular flexibility index (Phi) is 3.78. The van der Waals surface area contributed by atoms with Crippen LogP contribution in [0.3, 0.4) is 0 Å². The van der Waals surface area contributed by atoms with Gasteiger partial charge in [0, 0.05) is 0 Å². The molecule has 1 aliphatic carbocycles. The van der Waals surface area contributed by atoms with Crippen LogP contribution in [0.25, 0.3) is 0 Å². The van der Waals surface area contributed by atoms with Crippen molar-refractivity contribution < 1.29 is 5.11 Å². The molecule has 0 radical (unpaired) electrons. The van der Waals surface area contributed by atoms with Gasteiger partial charge in [0.15, 0.2) is 0 Å². The molecule has 0 aromatic rings. The Balaban J connectivity index is 2.26. The van der Waals surface area contributed by atoms with Crippen molar-refractivity contribution in [2.75, 3.05) is 0 Å². The van der Waals surface area contributed by atoms with Crippen LogP contribution in [0.15, 0.2) is 0 Å². The molecule has 1 fully saturated rings. The Morgan fingerprint density at radius 3 is 2.62 bits per heavy atom. The first kappa shape index (κ1) is 11.0. The van der Waals surface area contributed by atoms with E-state index < -0.39 is 0 Å². The van der Waals surface area contributed by atoms with Gasteiger partial charge in [-0.1, -0.05) is 40.0 Å². The van der Waals surface area contributed by atoms with Crippen LogP contribution < -0.4 is 0 Å². The third-order valence-electron chi connectivity index (χ3n) is 3.56. The lowest BCUT2D eigenvalue weighted by atomic mass is 9.86. The molecule has 0 aliphatic heterocycles. The summed E-state index contributed by atoms with van der Waals surface area (Å²) in [7, 11) is 0. The number of rotatable bonds is 4. The van der Waals surface area contributed by atoms with Gasteiger partial charge >= 0.3 is 0 Å². The fourth-order valence-corrected chi connectivity index (χ4v) is 2.42. The van der Waals surface area contributed by atoms with Crippen molar-refractivity contribution in [2.45, 2.75) is 64.9 Å². The Morgan fingerprint density at radius 1 is 1.46 bits per heavy atom. The van der Waals surface area contributed by atoms with Gasteiger partial charge in [0.05, 0.1) is 5.60 Å². The summed E-state index contributed by atoms with van der Waals surface area (Å²) in [5.74, 6) is 1.31. The van der Waals surface area contributed by atoms with Crippen molar-refractivity contribution in [2.24, 2.45) is 11.8 Å². The van der Waals surface area contributed by atoms with E-state index in [1.165, 1.54) is 25.7 Å². The van der Waals surface area contributed by atoms with Crippen molar-refractivity contribution >= 4 is 0 Å². The topological polar surface area (TPSA) is 20.2 Å². The highest BCUT2D eigenvalue weighted by Gasteiger charge is 2.37. The van der Waals surface area contributed by atoms with Gasteiger partial charge in [-0.2, -0.15) is 0 Å². The molecule has 1 rings (SSSR count). The van der Waals surface area contributed by atoms with E-state index >= 15 is 0 Å². The van der Waals surface area contributed by atoms with Crippen LogP contribution in [0.2, 0.25) is 0 Å². The Labute approximate surface area is 82.5 Å². The molecule has 0 saturated heterocycles. The van der Waals surface area contributed by atoms with E-state index in [0.29, 0.717) is 5.92 Å². The molecule has 0 amide bonds. The molecule has 0 spiro atoms. The molecular formula is C12H24O. The van der Waals surface area contributed by atoms with E-state index in [-0.39, 0.29) is 5.60 Å². The predicted octanol–water partition coefficient (Wildman–Crippen LogP) is 3.36. The lowest BCUT2D eigenvalue weighted by Gasteiger charge is -2.27. The molecule has 0 heterocycles. The highest BCUT2D eigenvalue weighted by Crippen LogP contribution is 2.39. The van der Waals surface area contributed by atoms with Gasteiger partial charge in [-0.15, -0.1) is 0 Å². The van der Waals surface area contributed by atoms with Gasteiger partial charge in [0.1, 0.15) is 0 Å². The first-order valence-electron chi connectivity index (χ1n) is 5.77. The second-order valence-electron chi connectivity index (χ2n) is 5.18. The molecule has 2 atom stereocenters. The summed E-state index contributed by atoms with van der Waals surface area (Å²) in [5.41, 5.74) is -0.311. The maximum Gasteiger partial charge on any atom is 0.0673 e. The Hall–Kier alpha value is -0.0400. The summed E-state index contributed by atoms with van der Waals surface area (Å²) in [6.45, 7) is 6.70. The number of hydrogen-bond acceptors (Lipinski definition) is 1. The summed E-state index contributed by atoms with van der Waals surface area (Å²) in [4.78, 5) is 0. The molecule has 78 valence electrons. The number of aliphatic hydroxyl groups is 1. The lowest BCUT2D eigenvalue weighted by Crippen LogP contribution is -2.31. The monoisotopic (exact) mass is 184 g/mol. The minimum Gasteiger partial charge on any atom is -0.390 e. The van der Waals surface area contributed by atoms with Gasteiger partial charge < -0.3 is 5.11 Å². The fraction of sp³-hybridized carbons (Fsp3) is 1.00. The lowest BCUT2D eigenvalue weighted by molar-refractivity contribution is -0.00179. The minimum absolute atomic E-state index is 0.311. The van der Waals surface area contributed by atoms with Gasteiger partial charge in [-0.25, -0.2) is 0 Å². The van der Waals surface area contributed by atoms with E-state index in [0.717, 1.165) is 18.8 Å². The van der Waals surface area contributed by atoms with Gasteiger partial charge in [-0.05, 0) is 31.1 Å². The fourth-order valence-electron chi connectivity index (χ4n) is 2.42. The summed E-state index contributed by atoms with van der Waals surface area (Å²) in [6, 6.07) is 0. The van der Waals surface area contributed by atoms with Crippen LogP contribution in [0, 0.1) is 11.8 Å². The molecular weight excluding hydrogens is 160 g/mol. The van der Waals surface area contributed by atoms with Crippen LogP contribution in [0.4, 0.5) is 0 Å². The second kappa shape index (κ2) is 4.45. The van der Waals surface area contributed by atoms with Crippen LogP contribution in [0.1, 0.15) is 59.3 Å². The van der Waals surface area contributed by atoms with Crippen molar-refractivity contribution in [3.63, 3.8) is 0 Å². The largest absolute Gasteiger partial charge is 0.390 e. The zero-order valence-electron chi connectivity index (χ0n) is 9.34. The maximum atomic E-state index is 10.3. The van der Waals surface area contributed by atoms with Crippen molar-refractivity contribution in [3.05, 3.63) is 0 Å². The molecule has 2 unspecified atom stereocenters. The van der Waals surface area contributed by atoms with Crippen LogP contribution in [-0.4, -0.2) is 10.7 Å². The number of hydrogen-bond donors (Lipinski definition) is 1. The van der Waals surface area contributed by atoms with Crippen molar-refractivity contribution in [1.82, 2.24) is 0 Å². The molecule has 1 saturated carbocycles. The van der Waals surface area contributed by atoms with Crippen molar-refractivity contribution in [1.29, 1.82) is 0 Å². The molecule has 1 aliphatic rings. The zero-order valence-corrected chi connectivity index (χ0v) is 9.34. The second-order valence-corrected chi connectivity index (χ2v) is 5.18. The third-order valence-corrected chi connectivity index (χ3v) is 3.56. The van der Waals surface area contributed by atoms with E-state index in [1.54, 1.807) is 0 Å². The highest BCUT2D eigenvalue weighted by molar-refractivity contribution is 4.89. The molecule has 13 heavy (non-hydrogen) atoms. The van der Waals surface area contributed by atoms with Gasteiger partial charge in [0.25, 0.3) is 0 Å². The molecule has 0 aromatic carbocycles. The van der Waals surface area contributed by atoms with Gasteiger partial charge in [0.2, 0.25) is 0 Å². The molecule has 1 N–H and O–H groups in total. The first-order chi connectivity index (χ1) is 6.04. The molecule has 1 nitrogen and oxygen atoms in total. The van der Waals surface area contributed by atoms with E-state index in [4.69, 9.17) is 0 Å². The minimum atomic E-state index is -0.311. The average molecular weight is 184 g/mol. The SMILES string of the molecule is CC(C)CCCC1(O)CCCC1C. The zero-order chi connectivity index (χ0) is 9.90. The average Bonchev–Trinajstić information content (AvgIpc) is 2.32. The first-order valence-corrected chi connectivity index (χ1v) is 5.77. The Morgan fingerprint density at radius 2 is 2.15 bits per heavy atom. The summed E-state index contributed by atoms with van der Waals surface area (Å²) in [6.07, 6.45) is 6.95. The van der Waals surface area contributed by atoms with E-state index in [1.807, 2.05) is 0 Å². The van der Waals surface area contributed by atoms with Crippen LogP contribution in [-0.2, 0) is 0 Å². The maximum absolute atomic E-state index is 10.3. The van der Waals surface area contributed by atoms with Gasteiger partial charge in [-0.3, -0.25) is 0 Å². The summed E-state index contributed by atoms with van der Waals surface area (Å²) < 4.78 is 0. The standard InChI is InChI=1S/C12H24O/c1-10(2)6-4-8-12(13)9-5-7-11(12)3/h10-11,13H,4-9H2,1-3H3. The summed E-state index contributed by atoms with van der Waals surface area (Å²) in [5, 5.41) is 10.3. The normalized spacial score (nSPS) is 34.4. The van der Waals surface area contributed by atoms with Crippen LogP contribution >= 0.6 is 0 Å². The highest BCUT2D eigenvalue weighted by atomic mass is 16.3. The quantitative estimate of drug-likeness (QED) is 0.710. The molecule has 0 bridgehead atoms. The smallest absolute Gasteiger partial charge is 0.0673 e. The van der Waals surface area contributed by atoms with E-state index in [9.17, 15) is 5.11 Å². The summed E-state index contributed by atoms with van der Waals surface area (Å²) >= 11 is 0. The Bertz CT molecular complexity index is 153.